The van der Waals surface area contributed by atoms with Gasteiger partial charge in [0.05, 0.1) is 23.2 Å². The molecule has 9 nitrogen and oxygen atoms in total. The van der Waals surface area contributed by atoms with Gasteiger partial charge >= 0.3 is 11.8 Å². The Kier molecular flexibility index (Phi) is 3.33. The van der Waals surface area contributed by atoms with Gasteiger partial charge in [-0.15, -0.1) is 10.2 Å². The molecule has 0 radical (unpaired) electrons. The first-order valence-electron chi connectivity index (χ1n) is 8.38. The number of nitrogens with zero attached hydrogens (tertiary/aromatic N) is 6. The van der Waals surface area contributed by atoms with Crippen LogP contribution in [0.4, 0.5) is 4.39 Å². The van der Waals surface area contributed by atoms with Crippen molar-refractivity contribution in [3.05, 3.63) is 65.4 Å². The smallest absolute Gasteiger partial charge is 0.312 e. The topological polar surface area (TPSA) is 105 Å². The third kappa shape index (κ3) is 2.48. The van der Waals surface area contributed by atoms with Crippen molar-refractivity contribution >= 4 is 11.4 Å². The molecule has 136 valence electrons. The molecule has 10 heteroatoms. The molecule has 1 N–H and O–H groups in total. The number of pyridine rings is 1. The number of halogens is 1. The molecule has 1 aliphatic rings. The number of rotatable bonds is 2. The Balaban J connectivity index is 1.63. The summed E-state index contributed by atoms with van der Waals surface area (Å²) in [6.45, 7) is 2.06. The van der Waals surface area contributed by atoms with Gasteiger partial charge in [-0.1, -0.05) is 0 Å². The van der Waals surface area contributed by atoms with Crippen LogP contribution < -0.4 is 0 Å². The lowest BCUT2D eigenvalue weighted by Gasteiger charge is -2.32. The van der Waals surface area contributed by atoms with Crippen LogP contribution in [0.2, 0.25) is 0 Å². The second kappa shape index (κ2) is 5.73. The van der Waals surface area contributed by atoms with Gasteiger partial charge in [0.25, 0.3) is 0 Å². The van der Waals surface area contributed by atoms with Gasteiger partial charge < -0.3 is 14.3 Å². The number of aromatic amines is 1. The number of fused-ring (bicyclic) bond motifs is 2. The molecule has 0 bridgehead atoms. The SMILES string of the molecule is Cc1nnc(C(=O)N2CCc3[nH]cnc3C2c2cc3cc(F)ccn3n2)o1. The molecular weight excluding hydrogens is 353 g/mol. The maximum Gasteiger partial charge on any atom is 0.312 e. The molecule has 0 spiro atoms. The van der Waals surface area contributed by atoms with E-state index in [4.69, 9.17) is 4.42 Å². The fourth-order valence-corrected chi connectivity index (χ4v) is 3.42. The Bertz CT molecular complexity index is 1160. The number of nitrogens with one attached hydrogen (secondary N) is 1. The number of aryl methyl sites for hydroxylation is 1. The Hall–Kier alpha value is -3.56. The van der Waals surface area contributed by atoms with Crippen molar-refractivity contribution in [2.24, 2.45) is 0 Å². The maximum absolute atomic E-state index is 13.6. The van der Waals surface area contributed by atoms with E-state index in [1.54, 1.807) is 28.7 Å². The van der Waals surface area contributed by atoms with Gasteiger partial charge in [0.15, 0.2) is 0 Å². The molecule has 0 aromatic carbocycles. The highest BCUT2D eigenvalue weighted by molar-refractivity contribution is 5.90. The number of hydrogen-bond acceptors (Lipinski definition) is 6. The molecule has 5 heterocycles. The quantitative estimate of drug-likeness (QED) is 0.578. The summed E-state index contributed by atoms with van der Waals surface area (Å²) in [5.41, 5.74) is 2.82. The molecule has 0 fully saturated rings. The molecule has 1 aliphatic heterocycles. The summed E-state index contributed by atoms with van der Waals surface area (Å²) in [5, 5.41) is 12.1. The molecule has 0 saturated carbocycles. The molecule has 1 unspecified atom stereocenters. The number of aromatic nitrogens is 6. The minimum Gasteiger partial charge on any atom is -0.417 e. The van der Waals surface area contributed by atoms with E-state index in [1.807, 2.05) is 0 Å². The number of carbonyl (C=O) groups is 1. The van der Waals surface area contributed by atoms with Gasteiger partial charge in [0.1, 0.15) is 11.9 Å². The maximum atomic E-state index is 13.6. The Morgan fingerprint density at radius 1 is 1.37 bits per heavy atom. The van der Waals surface area contributed by atoms with Crippen molar-refractivity contribution in [1.29, 1.82) is 0 Å². The van der Waals surface area contributed by atoms with E-state index in [0.29, 0.717) is 35.8 Å². The second-order valence-electron chi connectivity index (χ2n) is 6.33. The third-order valence-corrected chi connectivity index (χ3v) is 4.62. The minimum atomic E-state index is -0.539. The molecule has 5 rings (SSSR count). The predicted molar refractivity (Wildman–Crippen MR) is 89.4 cm³/mol. The van der Waals surface area contributed by atoms with E-state index >= 15 is 0 Å². The standard InChI is InChI=1S/C17H14FN7O2/c1-9-21-22-16(27-9)17(26)24-4-3-12-14(20-8-19-12)15(24)13-7-11-6-10(18)2-5-25(11)23-13/h2,5-8,15H,3-4H2,1H3,(H,19,20). The number of H-pyrrole nitrogens is 1. The molecular formula is C17H14FN7O2. The molecule has 4 aromatic rings. The van der Waals surface area contributed by atoms with Crippen LogP contribution in [0.5, 0.6) is 0 Å². The Morgan fingerprint density at radius 2 is 2.26 bits per heavy atom. The van der Waals surface area contributed by atoms with Crippen LogP contribution in [0.3, 0.4) is 0 Å². The van der Waals surface area contributed by atoms with Crippen LogP contribution >= 0.6 is 0 Å². The summed E-state index contributed by atoms with van der Waals surface area (Å²) in [6.07, 6.45) is 3.75. The fraction of sp³-hybridized carbons (Fsp3) is 0.235. The van der Waals surface area contributed by atoms with Crippen LogP contribution in [0, 0.1) is 12.7 Å². The highest BCUT2D eigenvalue weighted by atomic mass is 19.1. The zero-order valence-electron chi connectivity index (χ0n) is 14.3. The molecule has 1 atom stereocenters. The minimum absolute atomic E-state index is 0.0775. The lowest BCUT2D eigenvalue weighted by atomic mass is 9.99. The lowest BCUT2D eigenvalue weighted by molar-refractivity contribution is 0.0644. The van der Waals surface area contributed by atoms with Crippen LogP contribution in [0.25, 0.3) is 5.52 Å². The summed E-state index contributed by atoms with van der Waals surface area (Å²) in [7, 11) is 0. The average Bonchev–Trinajstić information content (AvgIpc) is 3.38. The number of carbonyl (C=O) groups excluding carboxylic acids is 1. The van der Waals surface area contributed by atoms with Crippen molar-refractivity contribution in [3.8, 4) is 0 Å². The first kappa shape index (κ1) is 15.7. The monoisotopic (exact) mass is 367 g/mol. The van der Waals surface area contributed by atoms with Gasteiger partial charge in [0, 0.05) is 31.8 Å². The van der Waals surface area contributed by atoms with Gasteiger partial charge in [-0.3, -0.25) is 4.79 Å². The number of imidazole rings is 1. The van der Waals surface area contributed by atoms with Crippen LogP contribution in [0.15, 0.2) is 35.1 Å². The van der Waals surface area contributed by atoms with Crippen LogP contribution in [0.1, 0.15) is 39.7 Å². The largest absolute Gasteiger partial charge is 0.417 e. The summed E-state index contributed by atoms with van der Waals surface area (Å²) in [4.78, 5) is 22.1. The van der Waals surface area contributed by atoms with Crippen molar-refractivity contribution < 1.29 is 13.6 Å². The summed E-state index contributed by atoms with van der Waals surface area (Å²) in [5.74, 6) is -0.508. The molecule has 0 aliphatic carbocycles. The van der Waals surface area contributed by atoms with Gasteiger partial charge in [-0.25, -0.2) is 13.9 Å². The number of hydrogen-bond donors (Lipinski definition) is 1. The van der Waals surface area contributed by atoms with E-state index in [9.17, 15) is 9.18 Å². The highest BCUT2D eigenvalue weighted by Gasteiger charge is 2.37. The van der Waals surface area contributed by atoms with Gasteiger partial charge in [0.2, 0.25) is 5.89 Å². The van der Waals surface area contributed by atoms with E-state index in [-0.39, 0.29) is 11.7 Å². The van der Waals surface area contributed by atoms with Crippen LogP contribution in [-0.4, -0.2) is 47.1 Å². The van der Waals surface area contributed by atoms with Crippen molar-refractivity contribution in [1.82, 2.24) is 34.7 Å². The summed E-state index contributed by atoms with van der Waals surface area (Å²) in [6, 6.07) is 3.92. The Morgan fingerprint density at radius 3 is 3.07 bits per heavy atom. The third-order valence-electron chi connectivity index (χ3n) is 4.62. The van der Waals surface area contributed by atoms with Gasteiger partial charge in [-0.2, -0.15) is 5.10 Å². The van der Waals surface area contributed by atoms with E-state index in [0.717, 1.165) is 5.69 Å². The van der Waals surface area contributed by atoms with Crippen molar-refractivity contribution in [2.45, 2.75) is 19.4 Å². The van der Waals surface area contributed by atoms with E-state index in [1.165, 1.54) is 18.3 Å². The molecule has 27 heavy (non-hydrogen) atoms. The first-order valence-corrected chi connectivity index (χ1v) is 8.38. The van der Waals surface area contributed by atoms with Crippen molar-refractivity contribution in [3.63, 3.8) is 0 Å². The second-order valence-corrected chi connectivity index (χ2v) is 6.33. The fourth-order valence-electron chi connectivity index (χ4n) is 3.42. The molecule has 0 saturated heterocycles. The summed E-state index contributed by atoms with van der Waals surface area (Å²) < 4.78 is 20.4. The first-order chi connectivity index (χ1) is 13.1. The van der Waals surface area contributed by atoms with Crippen LogP contribution in [-0.2, 0) is 6.42 Å². The zero-order chi connectivity index (χ0) is 18.5. The Labute approximate surface area is 151 Å². The zero-order valence-corrected chi connectivity index (χ0v) is 14.3. The van der Waals surface area contributed by atoms with E-state index < -0.39 is 11.9 Å². The summed E-state index contributed by atoms with van der Waals surface area (Å²) >= 11 is 0. The van der Waals surface area contributed by atoms with Crippen molar-refractivity contribution in [2.75, 3.05) is 6.54 Å². The van der Waals surface area contributed by atoms with Gasteiger partial charge in [-0.05, 0) is 18.2 Å². The number of amides is 1. The predicted octanol–water partition coefficient (Wildman–Crippen LogP) is 1.68. The molecule has 1 amide bonds. The average molecular weight is 367 g/mol. The molecule has 4 aromatic heterocycles. The normalized spacial score (nSPS) is 16.7. The lowest BCUT2D eigenvalue weighted by Crippen LogP contribution is -2.41. The van der Waals surface area contributed by atoms with E-state index in [2.05, 4.69) is 25.3 Å². The highest BCUT2D eigenvalue weighted by Crippen LogP contribution is 2.34.